The van der Waals surface area contributed by atoms with Gasteiger partial charge in [0.15, 0.2) is 0 Å². The summed E-state index contributed by atoms with van der Waals surface area (Å²) < 4.78 is 5.06. The predicted octanol–water partition coefficient (Wildman–Crippen LogP) is 3.48. The molecule has 0 saturated carbocycles. The fourth-order valence-corrected chi connectivity index (χ4v) is 3.15. The number of ether oxygens (including phenoxy) is 1. The van der Waals surface area contributed by atoms with Gasteiger partial charge >= 0.3 is 5.97 Å². The number of thiophene rings is 1. The number of hydrogen-bond acceptors (Lipinski definition) is 6. The number of carbonyl (C=O) groups is 2. The fraction of sp³-hybridized carbons (Fsp3) is 0.222. The minimum Gasteiger partial charge on any atom is -0.462 e. The van der Waals surface area contributed by atoms with Crippen LogP contribution in [0.3, 0.4) is 0 Å². The minimum atomic E-state index is -0.585. The van der Waals surface area contributed by atoms with Crippen molar-refractivity contribution in [2.24, 2.45) is 0 Å². The Hall–Kier alpha value is -2.98. The van der Waals surface area contributed by atoms with Crippen LogP contribution in [0.5, 0.6) is 0 Å². The zero-order chi connectivity index (χ0) is 18.4. The highest BCUT2D eigenvalue weighted by Gasteiger charge is 2.23. The summed E-state index contributed by atoms with van der Waals surface area (Å²) in [4.78, 5) is 29.4. The van der Waals surface area contributed by atoms with Gasteiger partial charge in [-0.2, -0.15) is 5.26 Å². The first-order chi connectivity index (χ1) is 12.0. The van der Waals surface area contributed by atoms with Crippen molar-refractivity contribution in [2.75, 3.05) is 11.9 Å². The molecule has 6 nitrogen and oxygen atoms in total. The van der Waals surface area contributed by atoms with Crippen molar-refractivity contribution in [3.05, 3.63) is 51.7 Å². The van der Waals surface area contributed by atoms with Crippen molar-refractivity contribution in [3.63, 3.8) is 0 Å². The van der Waals surface area contributed by atoms with E-state index in [1.807, 2.05) is 13.0 Å². The van der Waals surface area contributed by atoms with Crippen LogP contribution in [0.4, 0.5) is 5.00 Å². The molecule has 2 aromatic heterocycles. The summed E-state index contributed by atoms with van der Waals surface area (Å²) in [6.07, 6.45) is 4.60. The van der Waals surface area contributed by atoms with E-state index in [4.69, 9.17) is 4.74 Å². The van der Waals surface area contributed by atoms with E-state index < -0.39 is 11.9 Å². The minimum absolute atomic E-state index is 0.0773. The molecule has 2 heterocycles. The highest BCUT2D eigenvalue weighted by Crippen LogP contribution is 2.33. The van der Waals surface area contributed by atoms with Crippen LogP contribution < -0.4 is 5.32 Å². The lowest BCUT2D eigenvalue weighted by molar-refractivity contribution is -0.112. The Balaban J connectivity index is 2.31. The molecule has 0 bridgehead atoms. The zero-order valence-corrected chi connectivity index (χ0v) is 14.9. The number of aryl methyl sites for hydroxylation is 1. The summed E-state index contributed by atoms with van der Waals surface area (Å²) in [5.41, 5.74) is 1.65. The van der Waals surface area contributed by atoms with Crippen LogP contribution in [0.2, 0.25) is 0 Å². The molecule has 0 fully saturated rings. The third kappa shape index (κ3) is 4.31. The van der Waals surface area contributed by atoms with Gasteiger partial charge in [0.1, 0.15) is 16.6 Å². The zero-order valence-electron chi connectivity index (χ0n) is 14.1. The number of nitrogens with zero attached hydrogens (tertiary/aromatic N) is 2. The lowest BCUT2D eigenvalue weighted by Crippen LogP contribution is -2.16. The summed E-state index contributed by atoms with van der Waals surface area (Å²) in [6.45, 7) is 5.61. The number of aromatic nitrogens is 1. The molecule has 0 aliphatic heterocycles. The van der Waals surface area contributed by atoms with Gasteiger partial charge in [0, 0.05) is 17.3 Å². The molecule has 0 aliphatic carbocycles. The maximum absolute atomic E-state index is 12.4. The van der Waals surface area contributed by atoms with Crippen molar-refractivity contribution in [2.45, 2.75) is 20.8 Å². The maximum atomic E-state index is 12.4. The number of hydrogen-bond donors (Lipinski definition) is 1. The number of amides is 1. The second kappa shape index (κ2) is 8.22. The quantitative estimate of drug-likeness (QED) is 0.503. The molecule has 0 unspecified atom stereocenters. The molecule has 128 valence electrons. The summed E-state index contributed by atoms with van der Waals surface area (Å²) in [6, 6.07) is 5.32. The first-order valence-electron chi connectivity index (χ1n) is 7.58. The fourth-order valence-electron chi connectivity index (χ4n) is 2.11. The van der Waals surface area contributed by atoms with Crippen LogP contribution in [0, 0.1) is 25.2 Å². The van der Waals surface area contributed by atoms with Crippen molar-refractivity contribution >= 4 is 34.3 Å². The topological polar surface area (TPSA) is 92.1 Å². The van der Waals surface area contributed by atoms with Gasteiger partial charge in [0.05, 0.1) is 12.2 Å². The van der Waals surface area contributed by atoms with E-state index in [2.05, 4.69) is 10.3 Å². The average Bonchev–Trinajstić information content (AvgIpc) is 2.87. The van der Waals surface area contributed by atoms with Crippen LogP contribution in [-0.4, -0.2) is 23.5 Å². The molecule has 2 rings (SSSR count). The Morgan fingerprint density at radius 1 is 1.44 bits per heavy atom. The van der Waals surface area contributed by atoms with Crippen molar-refractivity contribution in [1.29, 1.82) is 5.26 Å². The van der Waals surface area contributed by atoms with Crippen LogP contribution in [0.15, 0.2) is 30.1 Å². The Morgan fingerprint density at radius 3 is 2.80 bits per heavy atom. The molecule has 0 spiro atoms. The third-order valence-electron chi connectivity index (χ3n) is 3.45. The van der Waals surface area contributed by atoms with Gasteiger partial charge in [-0.25, -0.2) is 4.79 Å². The Kier molecular flexibility index (Phi) is 6.03. The Bertz CT molecular complexity index is 864. The van der Waals surface area contributed by atoms with Crippen LogP contribution >= 0.6 is 11.3 Å². The number of pyridine rings is 1. The van der Waals surface area contributed by atoms with E-state index in [0.29, 0.717) is 16.1 Å². The highest BCUT2D eigenvalue weighted by molar-refractivity contribution is 7.16. The van der Waals surface area contributed by atoms with Gasteiger partial charge in [-0.05, 0) is 44.0 Å². The van der Waals surface area contributed by atoms with E-state index in [-0.39, 0.29) is 12.2 Å². The van der Waals surface area contributed by atoms with E-state index in [9.17, 15) is 14.9 Å². The van der Waals surface area contributed by atoms with Gasteiger partial charge in [0.25, 0.3) is 5.91 Å². The molecule has 25 heavy (non-hydrogen) atoms. The van der Waals surface area contributed by atoms with E-state index in [0.717, 1.165) is 10.4 Å². The number of anilines is 1. The molecule has 1 amide bonds. The lowest BCUT2D eigenvalue weighted by atomic mass is 10.1. The molecular weight excluding hydrogens is 338 g/mol. The maximum Gasteiger partial charge on any atom is 0.341 e. The normalized spacial score (nSPS) is 10.9. The van der Waals surface area contributed by atoms with Crippen molar-refractivity contribution in [1.82, 2.24) is 4.98 Å². The van der Waals surface area contributed by atoms with Gasteiger partial charge < -0.3 is 10.1 Å². The van der Waals surface area contributed by atoms with E-state index in [1.165, 1.54) is 17.4 Å². The summed E-state index contributed by atoms with van der Waals surface area (Å²) in [5, 5.41) is 12.3. The largest absolute Gasteiger partial charge is 0.462 e. The molecule has 0 aromatic carbocycles. The highest BCUT2D eigenvalue weighted by atomic mass is 32.1. The number of carbonyl (C=O) groups excluding carboxylic acids is 2. The van der Waals surface area contributed by atoms with Crippen LogP contribution in [0.25, 0.3) is 6.08 Å². The Morgan fingerprint density at radius 2 is 2.20 bits per heavy atom. The second-order valence-corrected chi connectivity index (χ2v) is 6.34. The summed E-state index contributed by atoms with van der Waals surface area (Å²) >= 11 is 1.28. The molecule has 0 aliphatic rings. The molecule has 2 aromatic rings. The smallest absolute Gasteiger partial charge is 0.341 e. The van der Waals surface area contributed by atoms with Gasteiger partial charge in [0.2, 0.25) is 0 Å². The van der Waals surface area contributed by atoms with Crippen LogP contribution in [0.1, 0.15) is 33.3 Å². The molecule has 1 N–H and O–H groups in total. The number of nitriles is 1. The van der Waals surface area contributed by atoms with Crippen molar-refractivity contribution in [3.8, 4) is 6.07 Å². The molecule has 0 radical (unpaired) electrons. The lowest BCUT2D eigenvalue weighted by Gasteiger charge is -2.06. The average molecular weight is 355 g/mol. The molecule has 7 heteroatoms. The van der Waals surface area contributed by atoms with Gasteiger partial charge in [-0.1, -0.05) is 6.07 Å². The number of nitrogens with one attached hydrogen (secondary N) is 1. The second-order valence-electron chi connectivity index (χ2n) is 5.12. The van der Waals surface area contributed by atoms with Gasteiger partial charge in [-0.15, -0.1) is 11.3 Å². The first kappa shape index (κ1) is 18.4. The van der Waals surface area contributed by atoms with Gasteiger partial charge in [-0.3, -0.25) is 9.78 Å². The van der Waals surface area contributed by atoms with Crippen molar-refractivity contribution < 1.29 is 14.3 Å². The Labute approximate surface area is 149 Å². The predicted molar refractivity (Wildman–Crippen MR) is 96.2 cm³/mol. The third-order valence-corrected chi connectivity index (χ3v) is 4.58. The summed E-state index contributed by atoms with van der Waals surface area (Å²) in [5.74, 6) is -1.08. The molecular formula is C18H17N3O3S. The molecule has 0 atom stereocenters. The molecule has 0 saturated heterocycles. The summed E-state index contributed by atoms with van der Waals surface area (Å²) in [7, 11) is 0. The first-order valence-corrected chi connectivity index (χ1v) is 8.39. The van der Waals surface area contributed by atoms with E-state index >= 15 is 0 Å². The number of esters is 1. The van der Waals surface area contributed by atoms with E-state index in [1.54, 1.807) is 38.4 Å². The standard InChI is InChI=1S/C18H17N3O3S/c1-4-24-18(23)15-11(2)12(3)25-17(15)21-16(22)14(9-19)8-13-6-5-7-20-10-13/h5-8,10H,4H2,1-3H3,(H,21,22)/b14-8-. The SMILES string of the molecule is CCOC(=O)c1c(NC(=O)/C(C#N)=C\c2cccnc2)sc(C)c1C. The van der Waals surface area contributed by atoms with Crippen LogP contribution in [-0.2, 0) is 9.53 Å². The monoisotopic (exact) mass is 355 g/mol. The number of rotatable bonds is 5.